The fourth-order valence-electron chi connectivity index (χ4n) is 1.64. The predicted molar refractivity (Wildman–Crippen MR) is 65.4 cm³/mol. The van der Waals surface area contributed by atoms with Gasteiger partial charge in [0.05, 0.1) is 4.92 Å². The molecule has 1 atom stereocenters. The monoisotopic (exact) mass is 316 g/mol. The maximum Gasteiger partial charge on any atom is 0.294 e. The fourth-order valence-corrected chi connectivity index (χ4v) is 1.91. The number of aliphatic imine (C=N–C) groups is 1. The van der Waals surface area contributed by atoms with Crippen molar-refractivity contribution in [3.05, 3.63) is 56.2 Å². The fraction of sp³-hybridized carbons (Fsp3) is 0.182. The molecule has 1 heterocycles. The second-order valence-corrected chi connectivity index (χ2v) is 4.54. The van der Waals surface area contributed by atoms with E-state index in [0.29, 0.717) is 5.56 Å². The number of benzene rings is 1. The number of hydrogen-bond donors (Lipinski definition) is 0. The molecule has 0 N–H and O–H groups in total. The first-order valence-electron chi connectivity index (χ1n) is 4.97. The smallest absolute Gasteiger partial charge is 0.265 e. The predicted octanol–water partition coefficient (Wildman–Crippen LogP) is 3.37. The van der Waals surface area contributed by atoms with Crippen molar-refractivity contribution in [2.75, 3.05) is 0 Å². The standard InChI is InChI=1S/C11H7BrF2N2O2/c12-7-3-1-6(2-4-7)8-5-9(16(17)18)10(15-8)11(13)14/h1-5,8,11H. The Labute approximate surface area is 109 Å². The van der Waals surface area contributed by atoms with Gasteiger partial charge in [-0.15, -0.1) is 0 Å². The van der Waals surface area contributed by atoms with Crippen molar-refractivity contribution < 1.29 is 13.7 Å². The van der Waals surface area contributed by atoms with E-state index in [1.807, 2.05) is 0 Å². The molecular weight excluding hydrogens is 310 g/mol. The summed E-state index contributed by atoms with van der Waals surface area (Å²) in [6.07, 6.45) is -1.80. The molecule has 18 heavy (non-hydrogen) atoms. The third kappa shape index (κ3) is 2.45. The van der Waals surface area contributed by atoms with Crippen LogP contribution < -0.4 is 0 Å². The lowest BCUT2D eigenvalue weighted by atomic mass is 10.1. The first-order valence-corrected chi connectivity index (χ1v) is 5.76. The van der Waals surface area contributed by atoms with Gasteiger partial charge in [-0.25, -0.2) is 8.78 Å². The van der Waals surface area contributed by atoms with E-state index in [1.54, 1.807) is 24.3 Å². The maximum atomic E-state index is 12.6. The van der Waals surface area contributed by atoms with E-state index in [4.69, 9.17) is 0 Å². The molecule has 0 fully saturated rings. The normalized spacial score (nSPS) is 18.8. The summed E-state index contributed by atoms with van der Waals surface area (Å²) >= 11 is 3.24. The number of rotatable bonds is 3. The van der Waals surface area contributed by atoms with Crippen molar-refractivity contribution in [2.45, 2.75) is 12.5 Å². The van der Waals surface area contributed by atoms with Gasteiger partial charge < -0.3 is 0 Å². The highest BCUT2D eigenvalue weighted by Gasteiger charge is 2.34. The number of alkyl halides is 2. The van der Waals surface area contributed by atoms with Gasteiger partial charge in [-0.3, -0.25) is 15.1 Å². The molecule has 1 unspecified atom stereocenters. The topological polar surface area (TPSA) is 55.5 Å². The summed E-state index contributed by atoms with van der Waals surface area (Å²) in [5.74, 6) is 0. The molecule has 0 saturated heterocycles. The SMILES string of the molecule is O=[N+]([O-])C1=CC(c2ccc(Br)cc2)N=C1C(F)F. The van der Waals surface area contributed by atoms with Gasteiger partial charge in [0.25, 0.3) is 12.1 Å². The van der Waals surface area contributed by atoms with Crippen LogP contribution in [0.3, 0.4) is 0 Å². The molecule has 1 aromatic carbocycles. The second-order valence-electron chi connectivity index (χ2n) is 3.62. The van der Waals surface area contributed by atoms with Crippen LogP contribution in [-0.2, 0) is 0 Å². The summed E-state index contributed by atoms with van der Waals surface area (Å²) in [4.78, 5) is 13.5. The Morgan fingerprint density at radius 1 is 1.33 bits per heavy atom. The van der Waals surface area contributed by atoms with E-state index in [9.17, 15) is 18.9 Å². The van der Waals surface area contributed by atoms with E-state index in [-0.39, 0.29) is 0 Å². The molecule has 2 rings (SSSR count). The average Bonchev–Trinajstić information content (AvgIpc) is 2.75. The van der Waals surface area contributed by atoms with Crippen molar-refractivity contribution in [3.63, 3.8) is 0 Å². The summed E-state index contributed by atoms with van der Waals surface area (Å²) in [7, 11) is 0. The molecule has 0 saturated carbocycles. The zero-order valence-electron chi connectivity index (χ0n) is 8.89. The van der Waals surface area contributed by atoms with Crippen LogP contribution in [0, 0.1) is 10.1 Å². The molecule has 0 spiro atoms. The molecular formula is C11H7BrF2N2O2. The van der Waals surface area contributed by atoms with Crippen molar-refractivity contribution in [2.24, 2.45) is 4.99 Å². The number of allylic oxidation sites excluding steroid dienone is 1. The van der Waals surface area contributed by atoms with Gasteiger partial charge >= 0.3 is 0 Å². The van der Waals surface area contributed by atoms with Gasteiger partial charge in [0.15, 0.2) is 5.71 Å². The zero-order chi connectivity index (χ0) is 13.3. The molecule has 1 aliphatic heterocycles. The van der Waals surface area contributed by atoms with Crippen LogP contribution in [0.5, 0.6) is 0 Å². The first-order chi connectivity index (χ1) is 8.49. The van der Waals surface area contributed by atoms with Gasteiger partial charge in [-0.2, -0.15) is 0 Å². The van der Waals surface area contributed by atoms with Crippen LogP contribution in [-0.4, -0.2) is 17.1 Å². The quantitative estimate of drug-likeness (QED) is 0.634. The maximum absolute atomic E-state index is 12.6. The molecule has 1 aliphatic rings. The van der Waals surface area contributed by atoms with E-state index < -0.39 is 28.8 Å². The molecule has 4 nitrogen and oxygen atoms in total. The minimum absolute atomic E-state index is 0.613. The molecule has 0 amide bonds. The highest BCUT2D eigenvalue weighted by Crippen LogP contribution is 2.30. The lowest BCUT2D eigenvalue weighted by molar-refractivity contribution is -0.415. The molecule has 0 aromatic heterocycles. The molecule has 0 aliphatic carbocycles. The van der Waals surface area contributed by atoms with Gasteiger partial charge in [-0.05, 0) is 17.7 Å². The molecule has 0 radical (unpaired) electrons. The number of hydrogen-bond acceptors (Lipinski definition) is 3. The third-order valence-corrected chi connectivity index (χ3v) is 3.00. The van der Waals surface area contributed by atoms with Crippen molar-refractivity contribution in [3.8, 4) is 0 Å². The Hall–Kier alpha value is -1.63. The van der Waals surface area contributed by atoms with E-state index in [0.717, 1.165) is 10.5 Å². The van der Waals surface area contributed by atoms with Gasteiger partial charge in [-0.1, -0.05) is 28.1 Å². The van der Waals surface area contributed by atoms with Gasteiger partial charge in [0.2, 0.25) is 0 Å². The second kappa shape index (κ2) is 4.93. The lowest BCUT2D eigenvalue weighted by Gasteiger charge is -2.04. The zero-order valence-corrected chi connectivity index (χ0v) is 10.5. The molecule has 0 bridgehead atoms. The third-order valence-electron chi connectivity index (χ3n) is 2.47. The van der Waals surface area contributed by atoms with Crippen LogP contribution in [0.4, 0.5) is 8.78 Å². The highest BCUT2D eigenvalue weighted by atomic mass is 79.9. The summed E-state index contributed by atoms with van der Waals surface area (Å²) < 4.78 is 26.1. The number of halogens is 3. The van der Waals surface area contributed by atoms with Crippen LogP contribution >= 0.6 is 15.9 Å². The summed E-state index contributed by atoms with van der Waals surface area (Å²) in [6.45, 7) is 0. The number of nitro groups is 1. The van der Waals surface area contributed by atoms with Crippen LogP contribution in [0.25, 0.3) is 0 Å². The highest BCUT2D eigenvalue weighted by molar-refractivity contribution is 9.10. The van der Waals surface area contributed by atoms with E-state index in [2.05, 4.69) is 20.9 Å². The van der Waals surface area contributed by atoms with E-state index in [1.165, 1.54) is 0 Å². The minimum Gasteiger partial charge on any atom is -0.265 e. The van der Waals surface area contributed by atoms with Gasteiger partial charge in [0, 0.05) is 10.5 Å². The summed E-state index contributed by atoms with van der Waals surface area (Å²) in [5, 5.41) is 10.7. The summed E-state index contributed by atoms with van der Waals surface area (Å²) in [6, 6.07) is 6.10. The molecule has 7 heteroatoms. The Balaban J connectivity index is 2.37. The van der Waals surface area contributed by atoms with Crippen molar-refractivity contribution in [1.82, 2.24) is 0 Å². The van der Waals surface area contributed by atoms with Crippen LogP contribution in [0.1, 0.15) is 11.6 Å². The molecule has 1 aromatic rings. The largest absolute Gasteiger partial charge is 0.294 e. The van der Waals surface area contributed by atoms with Crippen molar-refractivity contribution >= 4 is 21.6 Å². The first kappa shape index (κ1) is 12.8. The molecule has 94 valence electrons. The lowest BCUT2D eigenvalue weighted by Crippen LogP contribution is -2.16. The Bertz CT molecular complexity index is 540. The summed E-state index contributed by atoms with van der Waals surface area (Å²) in [5.41, 5.74) is -0.737. The Kier molecular flexibility index (Phi) is 3.51. The Morgan fingerprint density at radius 3 is 2.39 bits per heavy atom. The van der Waals surface area contributed by atoms with E-state index >= 15 is 0 Å². The minimum atomic E-state index is -2.94. The van der Waals surface area contributed by atoms with Crippen LogP contribution in [0.15, 0.2) is 45.5 Å². The average molecular weight is 317 g/mol. The Morgan fingerprint density at radius 2 is 1.94 bits per heavy atom. The van der Waals surface area contributed by atoms with Gasteiger partial charge in [0.1, 0.15) is 6.04 Å². The number of nitrogens with zero attached hydrogens (tertiary/aromatic N) is 2. The van der Waals surface area contributed by atoms with Crippen LogP contribution in [0.2, 0.25) is 0 Å². The van der Waals surface area contributed by atoms with Crippen molar-refractivity contribution in [1.29, 1.82) is 0 Å².